The van der Waals surface area contributed by atoms with Gasteiger partial charge in [-0.3, -0.25) is 4.79 Å². The Morgan fingerprint density at radius 3 is 2.55 bits per heavy atom. The molecule has 3 fully saturated rings. The van der Waals surface area contributed by atoms with Crippen LogP contribution in [-0.4, -0.2) is 17.9 Å². The molecule has 1 aliphatic heterocycles. The second kappa shape index (κ2) is 6.60. The average molecular weight is 277 g/mol. The van der Waals surface area contributed by atoms with Crippen LogP contribution in [0.1, 0.15) is 77.6 Å². The molecule has 3 rings (SSSR count). The molecular weight excluding hydrogens is 246 g/mol. The fourth-order valence-electron chi connectivity index (χ4n) is 5.05. The lowest BCUT2D eigenvalue weighted by atomic mass is 9.71. The minimum absolute atomic E-state index is 0.187. The molecule has 20 heavy (non-hydrogen) atoms. The van der Waals surface area contributed by atoms with Crippen molar-refractivity contribution in [2.45, 2.75) is 89.6 Å². The van der Waals surface area contributed by atoms with Crippen molar-refractivity contribution >= 4 is 5.78 Å². The molecule has 0 amide bonds. The van der Waals surface area contributed by atoms with Crippen LogP contribution in [0.15, 0.2) is 0 Å². The van der Waals surface area contributed by atoms with Crippen molar-refractivity contribution in [1.29, 1.82) is 0 Å². The highest BCUT2D eigenvalue weighted by molar-refractivity contribution is 5.86. The summed E-state index contributed by atoms with van der Waals surface area (Å²) in [5, 5.41) is 3.75. The van der Waals surface area contributed by atoms with E-state index in [9.17, 15) is 4.79 Å². The molecule has 1 heterocycles. The third-order valence-corrected chi connectivity index (χ3v) is 6.29. The summed E-state index contributed by atoms with van der Waals surface area (Å²) in [5.41, 5.74) is 0. The van der Waals surface area contributed by atoms with Gasteiger partial charge in [0.05, 0.1) is 6.04 Å². The molecule has 5 unspecified atom stereocenters. The monoisotopic (exact) mass is 277 g/mol. The van der Waals surface area contributed by atoms with Crippen LogP contribution in [0.3, 0.4) is 0 Å². The van der Waals surface area contributed by atoms with Crippen LogP contribution in [0.25, 0.3) is 0 Å². The predicted molar refractivity (Wildman–Crippen MR) is 82.6 cm³/mol. The summed E-state index contributed by atoms with van der Waals surface area (Å²) in [6, 6.07) is 0.835. The van der Waals surface area contributed by atoms with E-state index in [1.807, 2.05) is 0 Å². The van der Waals surface area contributed by atoms with E-state index in [-0.39, 0.29) is 6.04 Å². The molecule has 5 atom stereocenters. The number of Topliss-reactive ketones (excluding diaryl/α,β-unsaturated/α-hetero) is 1. The van der Waals surface area contributed by atoms with Gasteiger partial charge in [-0.05, 0) is 50.4 Å². The first-order valence-electron chi connectivity index (χ1n) is 9.09. The van der Waals surface area contributed by atoms with Gasteiger partial charge in [-0.25, -0.2) is 0 Å². The van der Waals surface area contributed by atoms with Gasteiger partial charge >= 0.3 is 0 Å². The number of carbonyl (C=O) groups is 1. The van der Waals surface area contributed by atoms with Gasteiger partial charge in [0, 0.05) is 12.0 Å². The van der Waals surface area contributed by atoms with Gasteiger partial charge in [-0.2, -0.15) is 0 Å². The number of rotatable bonds is 3. The minimum atomic E-state index is 0.187. The number of carbonyl (C=O) groups excluding carboxylic acids is 1. The number of fused-ring (bicyclic) bond motifs is 1. The Kier molecular flexibility index (Phi) is 4.80. The van der Waals surface area contributed by atoms with Gasteiger partial charge in [-0.1, -0.05) is 39.0 Å². The maximum absolute atomic E-state index is 12.9. The van der Waals surface area contributed by atoms with Crippen LogP contribution in [0, 0.1) is 17.8 Å². The molecule has 2 heteroatoms. The fourth-order valence-corrected chi connectivity index (χ4v) is 5.05. The average Bonchev–Trinajstić information content (AvgIpc) is 2.53. The quantitative estimate of drug-likeness (QED) is 0.842. The summed E-state index contributed by atoms with van der Waals surface area (Å²) in [6.07, 6.45) is 14.1. The molecule has 1 saturated heterocycles. The van der Waals surface area contributed by atoms with Crippen LogP contribution in [0.5, 0.6) is 0 Å². The summed E-state index contributed by atoms with van der Waals surface area (Å²) < 4.78 is 0. The van der Waals surface area contributed by atoms with Crippen LogP contribution < -0.4 is 5.32 Å². The van der Waals surface area contributed by atoms with Crippen molar-refractivity contribution in [3.05, 3.63) is 0 Å². The number of ketones is 1. The van der Waals surface area contributed by atoms with Crippen molar-refractivity contribution < 1.29 is 4.79 Å². The molecule has 1 N–H and O–H groups in total. The summed E-state index contributed by atoms with van der Waals surface area (Å²) in [6.45, 7) is 2.27. The van der Waals surface area contributed by atoms with E-state index in [1.54, 1.807) is 0 Å². The lowest BCUT2D eigenvalue weighted by Gasteiger charge is -2.42. The Labute approximate surface area is 124 Å². The first-order valence-corrected chi connectivity index (χ1v) is 9.09. The van der Waals surface area contributed by atoms with Crippen molar-refractivity contribution in [3.63, 3.8) is 0 Å². The van der Waals surface area contributed by atoms with E-state index in [0.29, 0.717) is 23.7 Å². The Morgan fingerprint density at radius 2 is 1.70 bits per heavy atom. The second-order valence-corrected chi connectivity index (χ2v) is 7.41. The zero-order valence-corrected chi connectivity index (χ0v) is 13.1. The number of nitrogens with one attached hydrogen (secondary N) is 1. The van der Waals surface area contributed by atoms with Gasteiger partial charge in [0.25, 0.3) is 0 Å². The first kappa shape index (κ1) is 14.6. The third kappa shape index (κ3) is 2.95. The van der Waals surface area contributed by atoms with E-state index in [0.717, 1.165) is 18.8 Å². The highest BCUT2D eigenvalue weighted by Crippen LogP contribution is 2.37. The third-order valence-electron chi connectivity index (χ3n) is 6.29. The van der Waals surface area contributed by atoms with E-state index >= 15 is 0 Å². The molecule has 2 nitrogen and oxygen atoms in total. The van der Waals surface area contributed by atoms with Gasteiger partial charge in [0.1, 0.15) is 0 Å². The number of hydrogen-bond donors (Lipinski definition) is 1. The molecule has 0 radical (unpaired) electrons. The van der Waals surface area contributed by atoms with Gasteiger partial charge < -0.3 is 5.32 Å². The van der Waals surface area contributed by atoms with Crippen LogP contribution in [0.4, 0.5) is 0 Å². The lowest BCUT2D eigenvalue weighted by Crippen LogP contribution is -2.54. The van der Waals surface area contributed by atoms with Crippen LogP contribution in [0.2, 0.25) is 0 Å². The molecule has 2 aliphatic carbocycles. The molecule has 0 aromatic rings. The molecule has 0 bridgehead atoms. The maximum atomic E-state index is 12.9. The van der Waals surface area contributed by atoms with E-state index in [1.165, 1.54) is 57.8 Å². The molecule has 0 aromatic heterocycles. The predicted octanol–water partition coefficient (Wildman–Crippen LogP) is 4.08. The Morgan fingerprint density at radius 1 is 0.950 bits per heavy atom. The zero-order valence-electron chi connectivity index (χ0n) is 13.1. The van der Waals surface area contributed by atoms with Gasteiger partial charge in [0.15, 0.2) is 5.78 Å². The van der Waals surface area contributed by atoms with Crippen molar-refractivity contribution in [2.24, 2.45) is 17.8 Å². The number of hydrogen-bond acceptors (Lipinski definition) is 2. The second-order valence-electron chi connectivity index (χ2n) is 7.41. The number of piperidine rings is 1. The molecule has 0 spiro atoms. The van der Waals surface area contributed by atoms with Crippen LogP contribution in [-0.2, 0) is 4.79 Å². The molecule has 2 saturated carbocycles. The highest BCUT2D eigenvalue weighted by Gasteiger charge is 2.39. The normalized spacial score (nSPS) is 42.0. The van der Waals surface area contributed by atoms with Gasteiger partial charge in [0.2, 0.25) is 0 Å². The maximum Gasteiger partial charge on any atom is 0.153 e. The SMILES string of the molecule is CCC1CCCCC1C(=O)C1CCC2CCCCC2N1. The van der Waals surface area contributed by atoms with E-state index < -0.39 is 0 Å². The Balaban J connectivity index is 1.61. The topological polar surface area (TPSA) is 29.1 Å². The zero-order chi connectivity index (χ0) is 13.9. The smallest absolute Gasteiger partial charge is 0.153 e. The summed E-state index contributed by atoms with van der Waals surface area (Å²) in [4.78, 5) is 12.9. The fraction of sp³-hybridized carbons (Fsp3) is 0.944. The van der Waals surface area contributed by atoms with E-state index in [4.69, 9.17) is 0 Å². The lowest BCUT2D eigenvalue weighted by molar-refractivity contribution is -0.129. The molecule has 0 aromatic carbocycles. The highest BCUT2D eigenvalue weighted by atomic mass is 16.1. The largest absolute Gasteiger partial charge is 0.304 e. The standard InChI is InChI=1S/C18H31NO/c1-2-13-7-3-5-9-15(13)18(20)17-12-11-14-8-4-6-10-16(14)19-17/h13-17,19H,2-12H2,1H3. The molecule has 3 aliphatic rings. The Bertz CT molecular complexity index is 340. The summed E-state index contributed by atoms with van der Waals surface area (Å²) >= 11 is 0. The van der Waals surface area contributed by atoms with Crippen molar-refractivity contribution in [2.75, 3.05) is 0 Å². The molecular formula is C18H31NO. The summed E-state index contributed by atoms with van der Waals surface area (Å²) in [5.74, 6) is 2.47. The van der Waals surface area contributed by atoms with Crippen LogP contribution >= 0.6 is 0 Å². The first-order chi connectivity index (χ1) is 9.79. The minimum Gasteiger partial charge on any atom is -0.304 e. The molecule has 114 valence electrons. The van der Waals surface area contributed by atoms with Crippen molar-refractivity contribution in [3.8, 4) is 0 Å². The Hall–Kier alpha value is -0.370. The van der Waals surface area contributed by atoms with E-state index in [2.05, 4.69) is 12.2 Å². The summed E-state index contributed by atoms with van der Waals surface area (Å²) in [7, 11) is 0. The van der Waals surface area contributed by atoms with Gasteiger partial charge in [-0.15, -0.1) is 0 Å². The van der Waals surface area contributed by atoms with Crippen molar-refractivity contribution in [1.82, 2.24) is 5.32 Å².